The van der Waals surface area contributed by atoms with Crippen molar-refractivity contribution in [2.24, 2.45) is 5.92 Å². The zero-order valence-electron chi connectivity index (χ0n) is 12.7. The lowest BCUT2D eigenvalue weighted by Gasteiger charge is -2.10. The zero-order chi connectivity index (χ0) is 14.7. The van der Waals surface area contributed by atoms with Crippen LogP contribution < -0.4 is 10.0 Å². The van der Waals surface area contributed by atoms with Crippen molar-refractivity contribution in [3.8, 4) is 0 Å². The van der Waals surface area contributed by atoms with Crippen molar-refractivity contribution in [1.29, 1.82) is 0 Å². The molecule has 0 aliphatic heterocycles. The Hall–Kier alpha value is -0.170. The van der Waals surface area contributed by atoms with Gasteiger partial charge in [0.2, 0.25) is 10.0 Å². The first kappa shape index (κ1) is 18.8. The molecule has 0 radical (unpaired) electrons. The van der Waals surface area contributed by atoms with Gasteiger partial charge in [-0.1, -0.05) is 27.7 Å². The van der Waals surface area contributed by atoms with Gasteiger partial charge >= 0.3 is 0 Å². The van der Waals surface area contributed by atoms with E-state index >= 15 is 0 Å². The minimum Gasteiger partial charge on any atom is -0.381 e. The molecule has 19 heavy (non-hydrogen) atoms. The summed E-state index contributed by atoms with van der Waals surface area (Å²) in [6.07, 6.45) is 1.35. The summed E-state index contributed by atoms with van der Waals surface area (Å²) < 4.78 is 31.3. The number of sulfonamides is 1. The third kappa shape index (κ3) is 14.1. The molecule has 0 aromatic heterocycles. The number of ether oxygens (including phenoxy) is 1. The number of rotatable bonds is 12. The van der Waals surface area contributed by atoms with E-state index in [-0.39, 0.29) is 5.75 Å². The Labute approximate surface area is 118 Å². The lowest BCUT2D eigenvalue weighted by Crippen LogP contribution is -2.31. The van der Waals surface area contributed by atoms with Crippen molar-refractivity contribution >= 4 is 10.0 Å². The highest BCUT2D eigenvalue weighted by molar-refractivity contribution is 7.89. The van der Waals surface area contributed by atoms with Crippen LogP contribution in [-0.4, -0.2) is 46.5 Å². The van der Waals surface area contributed by atoms with Crippen LogP contribution >= 0.6 is 0 Å². The Bertz CT molecular complexity index is 303. The molecular formula is C13H30N2O3S. The average Bonchev–Trinajstić information content (AvgIpc) is 2.28. The fourth-order valence-electron chi connectivity index (χ4n) is 1.45. The first-order valence-electron chi connectivity index (χ1n) is 7.12. The normalized spacial score (nSPS) is 12.5. The van der Waals surface area contributed by atoms with Crippen molar-refractivity contribution in [1.82, 2.24) is 10.0 Å². The summed E-state index contributed by atoms with van der Waals surface area (Å²) in [6, 6.07) is 0.397. The Morgan fingerprint density at radius 3 is 2.32 bits per heavy atom. The quantitative estimate of drug-likeness (QED) is 0.533. The molecular weight excluding hydrogens is 264 g/mol. The largest absolute Gasteiger partial charge is 0.381 e. The zero-order valence-corrected chi connectivity index (χ0v) is 13.6. The van der Waals surface area contributed by atoms with E-state index in [1.165, 1.54) is 0 Å². The lowest BCUT2D eigenvalue weighted by atomic mass is 10.2. The van der Waals surface area contributed by atoms with E-state index in [0.717, 1.165) is 19.6 Å². The highest BCUT2D eigenvalue weighted by atomic mass is 32.2. The number of hydrogen-bond donors (Lipinski definition) is 2. The predicted octanol–water partition coefficient (Wildman–Crippen LogP) is 1.36. The van der Waals surface area contributed by atoms with Crippen LogP contribution in [0.1, 0.15) is 40.5 Å². The molecule has 0 saturated heterocycles. The van der Waals surface area contributed by atoms with Crippen LogP contribution in [0, 0.1) is 5.92 Å². The van der Waals surface area contributed by atoms with Gasteiger partial charge in [0.15, 0.2) is 0 Å². The molecule has 0 aliphatic rings. The van der Waals surface area contributed by atoms with Crippen molar-refractivity contribution in [3.63, 3.8) is 0 Å². The van der Waals surface area contributed by atoms with Gasteiger partial charge in [0.25, 0.3) is 0 Å². The van der Waals surface area contributed by atoms with Crippen LogP contribution in [0.25, 0.3) is 0 Å². The van der Waals surface area contributed by atoms with Crippen molar-refractivity contribution in [2.75, 3.05) is 32.1 Å². The van der Waals surface area contributed by atoms with Crippen LogP contribution in [-0.2, 0) is 14.8 Å². The van der Waals surface area contributed by atoms with Gasteiger partial charge in [0.1, 0.15) is 0 Å². The summed E-state index contributed by atoms with van der Waals surface area (Å²) in [5.74, 6) is 0.699. The van der Waals surface area contributed by atoms with Gasteiger partial charge in [-0.2, -0.15) is 0 Å². The summed E-state index contributed by atoms with van der Waals surface area (Å²) in [5, 5.41) is 3.20. The van der Waals surface area contributed by atoms with Crippen LogP contribution in [0.15, 0.2) is 0 Å². The molecule has 5 nitrogen and oxygen atoms in total. The topological polar surface area (TPSA) is 67.4 Å². The minimum atomic E-state index is -3.13. The lowest BCUT2D eigenvalue weighted by molar-refractivity contribution is 0.108. The molecule has 116 valence electrons. The summed E-state index contributed by atoms with van der Waals surface area (Å²) in [7, 11) is -3.13. The first-order valence-corrected chi connectivity index (χ1v) is 8.77. The maximum atomic E-state index is 11.6. The van der Waals surface area contributed by atoms with Gasteiger partial charge in [0.05, 0.1) is 5.75 Å². The van der Waals surface area contributed by atoms with Gasteiger partial charge < -0.3 is 10.1 Å². The van der Waals surface area contributed by atoms with E-state index < -0.39 is 10.0 Å². The Balaban J connectivity index is 3.52. The Morgan fingerprint density at radius 1 is 1.05 bits per heavy atom. The molecule has 0 aromatic rings. The number of hydrogen-bond acceptors (Lipinski definition) is 4. The SMILES string of the molecule is CC(C)COCCCNS(=O)(=O)CCCNC(C)C. The standard InChI is InChI=1S/C13H30N2O3S/c1-12(2)11-18-9-5-8-15-19(16,17)10-6-7-14-13(3)4/h12-15H,5-11H2,1-4H3. The minimum absolute atomic E-state index is 0.180. The number of nitrogens with one attached hydrogen (secondary N) is 2. The third-order valence-corrected chi connectivity index (χ3v) is 3.85. The molecule has 0 unspecified atom stereocenters. The predicted molar refractivity (Wildman–Crippen MR) is 79.8 cm³/mol. The second kappa shape index (κ2) is 10.6. The van der Waals surface area contributed by atoms with E-state index in [9.17, 15) is 8.42 Å². The van der Waals surface area contributed by atoms with Crippen LogP contribution in [0.5, 0.6) is 0 Å². The molecule has 6 heteroatoms. The molecule has 0 heterocycles. The van der Waals surface area contributed by atoms with Crippen LogP contribution in [0.4, 0.5) is 0 Å². The van der Waals surface area contributed by atoms with Crippen molar-refractivity contribution in [3.05, 3.63) is 0 Å². The summed E-state index contributed by atoms with van der Waals surface area (Å²) >= 11 is 0. The molecule has 0 rings (SSSR count). The fraction of sp³-hybridized carbons (Fsp3) is 1.00. The Kier molecular flexibility index (Phi) is 10.5. The molecule has 2 N–H and O–H groups in total. The van der Waals surface area contributed by atoms with Gasteiger partial charge in [-0.3, -0.25) is 0 Å². The monoisotopic (exact) mass is 294 g/mol. The highest BCUT2D eigenvalue weighted by Gasteiger charge is 2.08. The van der Waals surface area contributed by atoms with E-state index in [0.29, 0.717) is 31.5 Å². The molecule has 0 saturated carbocycles. The second-order valence-corrected chi connectivity index (χ2v) is 7.42. The maximum absolute atomic E-state index is 11.6. The van der Waals surface area contributed by atoms with E-state index in [1.54, 1.807) is 0 Å². The molecule has 0 atom stereocenters. The van der Waals surface area contributed by atoms with E-state index in [4.69, 9.17) is 4.74 Å². The van der Waals surface area contributed by atoms with Gasteiger partial charge in [-0.05, 0) is 25.3 Å². The fourth-order valence-corrected chi connectivity index (χ4v) is 2.57. The summed E-state index contributed by atoms with van der Waals surface area (Å²) in [6.45, 7) is 10.8. The van der Waals surface area contributed by atoms with E-state index in [1.807, 2.05) is 13.8 Å². The molecule has 0 aliphatic carbocycles. The Morgan fingerprint density at radius 2 is 1.74 bits per heavy atom. The van der Waals surface area contributed by atoms with Crippen molar-refractivity contribution < 1.29 is 13.2 Å². The third-order valence-electron chi connectivity index (χ3n) is 2.38. The second-order valence-electron chi connectivity index (χ2n) is 5.50. The molecule has 0 fully saturated rings. The molecule has 0 amide bonds. The first-order chi connectivity index (χ1) is 8.83. The van der Waals surface area contributed by atoms with Crippen LogP contribution in [0.3, 0.4) is 0 Å². The van der Waals surface area contributed by atoms with Crippen molar-refractivity contribution in [2.45, 2.75) is 46.6 Å². The van der Waals surface area contributed by atoms with E-state index in [2.05, 4.69) is 23.9 Å². The van der Waals surface area contributed by atoms with Gasteiger partial charge in [-0.15, -0.1) is 0 Å². The summed E-state index contributed by atoms with van der Waals surface area (Å²) in [5.41, 5.74) is 0. The molecule has 0 aromatic carbocycles. The average molecular weight is 294 g/mol. The molecule has 0 spiro atoms. The van der Waals surface area contributed by atoms with Crippen LogP contribution in [0.2, 0.25) is 0 Å². The smallest absolute Gasteiger partial charge is 0.211 e. The van der Waals surface area contributed by atoms with Gasteiger partial charge in [0, 0.05) is 25.8 Å². The molecule has 0 bridgehead atoms. The summed E-state index contributed by atoms with van der Waals surface area (Å²) in [4.78, 5) is 0. The maximum Gasteiger partial charge on any atom is 0.211 e. The highest BCUT2D eigenvalue weighted by Crippen LogP contribution is 1.94. The van der Waals surface area contributed by atoms with Gasteiger partial charge in [-0.25, -0.2) is 13.1 Å².